The molecule has 2 aromatic carbocycles. The molecule has 0 fully saturated rings. The summed E-state index contributed by atoms with van der Waals surface area (Å²) in [4.78, 5) is 11.9. The second-order valence-corrected chi connectivity index (χ2v) is 6.93. The van der Waals surface area contributed by atoms with Crippen LogP contribution in [0.5, 0.6) is 5.75 Å². The Morgan fingerprint density at radius 2 is 1.67 bits per heavy atom. The van der Waals surface area contributed by atoms with Gasteiger partial charge in [0.25, 0.3) is 15.9 Å². The third kappa shape index (κ3) is 4.43. The number of nitrogens with one attached hydrogen (secondary N) is 3. The largest absolute Gasteiger partial charge is 0.507 e. The van der Waals surface area contributed by atoms with Crippen LogP contribution in [0.3, 0.4) is 0 Å². The quantitative estimate of drug-likeness (QED) is 0.481. The second-order valence-electron chi connectivity index (χ2n) is 4.84. The number of phenols is 1. The molecule has 0 saturated carbocycles. The number of aryl methyl sites for hydroxylation is 1. The summed E-state index contributed by atoms with van der Waals surface area (Å²) < 4.78 is 26.4. The zero-order valence-electron chi connectivity index (χ0n) is 12.6. The summed E-state index contributed by atoms with van der Waals surface area (Å²) in [5.74, 6) is -0.868. The number of thiocarbonyl (C=S) groups is 1. The standard InChI is InChI=1S/C15H15N3O4S2/c1-10-6-8-11(9-7-10)24(21,22)18-15(23)17-16-14(20)12-4-2-3-5-13(12)19/h2-9,19H,1H3,(H,16,20)(H2,17,18,23). The van der Waals surface area contributed by atoms with E-state index in [9.17, 15) is 18.3 Å². The number of amides is 1. The first-order chi connectivity index (χ1) is 11.3. The summed E-state index contributed by atoms with van der Waals surface area (Å²) in [6.45, 7) is 1.84. The first-order valence-electron chi connectivity index (χ1n) is 6.77. The third-order valence-electron chi connectivity index (χ3n) is 3.00. The Morgan fingerprint density at radius 3 is 2.29 bits per heavy atom. The van der Waals surface area contributed by atoms with Crippen LogP contribution in [-0.2, 0) is 10.0 Å². The van der Waals surface area contributed by atoms with Gasteiger partial charge in [-0.3, -0.25) is 20.4 Å². The van der Waals surface area contributed by atoms with Crippen molar-refractivity contribution >= 4 is 33.3 Å². The molecule has 126 valence electrons. The summed E-state index contributed by atoms with van der Waals surface area (Å²) >= 11 is 4.85. The van der Waals surface area contributed by atoms with Gasteiger partial charge in [0.2, 0.25) is 0 Å². The van der Waals surface area contributed by atoms with Crippen LogP contribution in [0.4, 0.5) is 0 Å². The number of benzene rings is 2. The van der Waals surface area contributed by atoms with E-state index in [1.807, 2.05) is 6.92 Å². The van der Waals surface area contributed by atoms with Crippen LogP contribution in [0, 0.1) is 6.92 Å². The van der Waals surface area contributed by atoms with E-state index in [2.05, 4.69) is 15.6 Å². The van der Waals surface area contributed by atoms with Crippen molar-refractivity contribution in [1.29, 1.82) is 0 Å². The number of hydrazine groups is 1. The SMILES string of the molecule is Cc1ccc(S(=O)(=O)NC(=S)NNC(=O)c2ccccc2O)cc1. The first-order valence-corrected chi connectivity index (χ1v) is 8.66. The van der Waals surface area contributed by atoms with Crippen molar-refractivity contribution in [2.75, 3.05) is 0 Å². The molecule has 2 aromatic rings. The monoisotopic (exact) mass is 365 g/mol. The molecule has 4 N–H and O–H groups in total. The lowest BCUT2D eigenvalue weighted by molar-refractivity contribution is 0.0941. The van der Waals surface area contributed by atoms with Crippen molar-refractivity contribution in [1.82, 2.24) is 15.6 Å². The van der Waals surface area contributed by atoms with Crippen LogP contribution >= 0.6 is 12.2 Å². The zero-order valence-corrected chi connectivity index (χ0v) is 14.2. The molecular weight excluding hydrogens is 350 g/mol. The van der Waals surface area contributed by atoms with Gasteiger partial charge in [-0.05, 0) is 43.4 Å². The van der Waals surface area contributed by atoms with E-state index in [1.54, 1.807) is 24.3 Å². The van der Waals surface area contributed by atoms with Crippen LogP contribution in [0.25, 0.3) is 0 Å². The molecule has 0 aliphatic carbocycles. The van der Waals surface area contributed by atoms with E-state index in [0.717, 1.165) is 5.56 Å². The van der Waals surface area contributed by atoms with Crippen molar-refractivity contribution in [2.24, 2.45) is 0 Å². The van der Waals surface area contributed by atoms with E-state index in [4.69, 9.17) is 12.2 Å². The molecule has 9 heteroatoms. The molecule has 0 aliphatic heterocycles. The average Bonchev–Trinajstić information content (AvgIpc) is 2.53. The van der Waals surface area contributed by atoms with Gasteiger partial charge >= 0.3 is 0 Å². The topological polar surface area (TPSA) is 108 Å². The summed E-state index contributed by atoms with van der Waals surface area (Å²) in [5, 5.41) is 9.26. The fraction of sp³-hybridized carbons (Fsp3) is 0.0667. The third-order valence-corrected chi connectivity index (χ3v) is 4.70. The highest BCUT2D eigenvalue weighted by molar-refractivity contribution is 7.91. The number of carbonyl (C=O) groups excluding carboxylic acids is 1. The smallest absolute Gasteiger partial charge is 0.273 e. The number of carbonyl (C=O) groups is 1. The van der Waals surface area contributed by atoms with Gasteiger partial charge < -0.3 is 5.11 Å². The highest BCUT2D eigenvalue weighted by atomic mass is 32.2. The minimum absolute atomic E-state index is 0.0224. The molecule has 1 amide bonds. The summed E-state index contributed by atoms with van der Waals surface area (Å²) in [6.07, 6.45) is 0. The fourth-order valence-electron chi connectivity index (χ4n) is 1.77. The fourth-order valence-corrected chi connectivity index (χ4v) is 3.06. The normalized spacial score (nSPS) is 10.7. The molecule has 7 nitrogen and oxygen atoms in total. The van der Waals surface area contributed by atoms with Crippen molar-refractivity contribution in [3.8, 4) is 5.75 Å². The number of sulfonamides is 1. The van der Waals surface area contributed by atoms with Crippen molar-refractivity contribution in [2.45, 2.75) is 11.8 Å². The predicted molar refractivity (Wildman–Crippen MR) is 92.8 cm³/mol. The van der Waals surface area contributed by atoms with Crippen LogP contribution in [0.2, 0.25) is 0 Å². The van der Waals surface area contributed by atoms with Gasteiger partial charge in [0.1, 0.15) is 5.75 Å². The number of para-hydroxylation sites is 1. The van der Waals surface area contributed by atoms with Crippen LogP contribution in [-0.4, -0.2) is 24.5 Å². The van der Waals surface area contributed by atoms with Crippen molar-refractivity contribution < 1.29 is 18.3 Å². The number of hydrogen-bond acceptors (Lipinski definition) is 5. The molecule has 0 unspecified atom stereocenters. The molecular formula is C15H15N3O4S2. The summed E-state index contributed by atoms with van der Waals surface area (Å²) in [7, 11) is -3.85. The zero-order chi connectivity index (χ0) is 17.7. The Morgan fingerprint density at radius 1 is 1.04 bits per heavy atom. The molecule has 0 radical (unpaired) electrons. The van der Waals surface area contributed by atoms with Gasteiger partial charge in [-0.1, -0.05) is 29.8 Å². The molecule has 0 aromatic heterocycles. The minimum atomic E-state index is -3.85. The molecule has 0 aliphatic rings. The van der Waals surface area contributed by atoms with Crippen molar-refractivity contribution in [3.63, 3.8) is 0 Å². The molecule has 24 heavy (non-hydrogen) atoms. The molecule has 2 rings (SSSR count). The Bertz CT molecular complexity index is 865. The molecule has 0 heterocycles. The lowest BCUT2D eigenvalue weighted by Gasteiger charge is -2.12. The van der Waals surface area contributed by atoms with Crippen LogP contribution in [0.15, 0.2) is 53.4 Å². The number of aromatic hydroxyl groups is 1. The second kappa shape index (κ2) is 7.28. The van der Waals surface area contributed by atoms with E-state index in [1.165, 1.54) is 24.3 Å². The van der Waals surface area contributed by atoms with E-state index < -0.39 is 15.9 Å². The van der Waals surface area contributed by atoms with Gasteiger partial charge in [0.05, 0.1) is 10.5 Å². The lowest BCUT2D eigenvalue weighted by atomic mass is 10.2. The average molecular weight is 365 g/mol. The Labute approximate surface area is 144 Å². The maximum atomic E-state index is 12.1. The number of rotatable bonds is 3. The minimum Gasteiger partial charge on any atom is -0.507 e. The Balaban J connectivity index is 1.97. The summed E-state index contributed by atoms with van der Waals surface area (Å²) in [6, 6.07) is 12.1. The summed E-state index contributed by atoms with van der Waals surface area (Å²) in [5.41, 5.74) is 5.42. The molecule has 0 bridgehead atoms. The maximum absolute atomic E-state index is 12.1. The first kappa shape index (κ1) is 17.7. The van der Waals surface area contributed by atoms with Gasteiger partial charge in [-0.15, -0.1) is 0 Å². The highest BCUT2D eigenvalue weighted by Crippen LogP contribution is 2.14. The Hall–Kier alpha value is -2.65. The predicted octanol–water partition coefficient (Wildman–Crippen LogP) is 1.20. The Kier molecular flexibility index (Phi) is 5.37. The molecule has 0 atom stereocenters. The molecule has 0 saturated heterocycles. The van der Waals surface area contributed by atoms with Gasteiger partial charge in [0, 0.05) is 0 Å². The van der Waals surface area contributed by atoms with Gasteiger partial charge in [0.15, 0.2) is 5.11 Å². The van der Waals surface area contributed by atoms with Crippen LogP contribution in [0.1, 0.15) is 15.9 Å². The van der Waals surface area contributed by atoms with Crippen LogP contribution < -0.4 is 15.6 Å². The van der Waals surface area contributed by atoms with E-state index in [-0.39, 0.29) is 21.3 Å². The van der Waals surface area contributed by atoms with Gasteiger partial charge in [-0.2, -0.15) is 0 Å². The van der Waals surface area contributed by atoms with E-state index >= 15 is 0 Å². The number of phenolic OH excluding ortho intramolecular Hbond substituents is 1. The maximum Gasteiger partial charge on any atom is 0.273 e. The van der Waals surface area contributed by atoms with Crippen molar-refractivity contribution in [3.05, 3.63) is 59.7 Å². The molecule has 0 spiro atoms. The lowest BCUT2D eigenvalue weighted by Crippen LogP contribution is -2.48. The van der Waals surface area contributed by atoms with E-state index in [0.29, 0.717) is 0 Å². The highest BCUT2D eigenvalue weighted by Gasteiger charge is 2.16. The number of hydrogen-bond donors (Lipinski definition) is 4. The van der Waals surface area contributed by atoms with Gasteiger partial charge in [-0.25, -0.2) is 8.42 Å².